The number of alkyl halides is 1. The lowest BCUT2D eigenvalue weighted by Gasteiger charge is -2.40. The molecule has 3 aliphatic rings. The molecule has 3 fully saturated rings. The molecule has 3 heterocycles. The van der Waals surface area contributed by atoms with Crippen LogP contribution in [0.25, 0.3) is 0 Å². The lowest BCUT2D eigenvalue weighted by molar-refractivity contribution is -0.165. The van der Waals surface area contributed by atoms with Crippen LogP contribution in [0.5, 0.6) is 0 Å². The molecule has 296 valence electrons. The molecule has 3 aliphatic heterocycles. The number of hydrogen-bond donors (Lipinski definition) is 1. The fourth-order valence-corrected chi connectivity index (χ4v) is 10.0. The molecule has 3 amide bonds. The number of hydrogen-bond acceptors (Lipinski definition) is 7. The fraction of sp³-hybridized carbons (Fsp3) is 0.422. The fourth-order valence-electron chi connectivity index (χ4n) is 9.07. The molecule has 56 heavy (non-hydrogen) atoms. The highest BCUT2D eigenvalue weighted by Crippen LogP contribution is 2.61. The summed E-state index contributed by atoms with van der Waals surface area (Å²) >= 11 is 3.79. The van der Waals surface area contributed by atoms with E-state index >= 15 is 9.59 Å². The van der Waals surface area contributed by atoms with Crippen LogP contribution in [0.2, 0.25) is 0 Å². The van der Waals surface area contributed by atoms with Crippen molar-refractivity contribution < 1.29 is 33.8 Å². The van der Waals surface area contributed by atoms with Crippen molar-refractivity contribution in [2.45, 2.75) is 87.2 Å². The lowest BCUT2D eigenvalue weighted by atomic mass is 9.70. The average molecular weight is 827 g/mol. The van der Waals surface area contributed by atoms with Crippen molar-refractivity contribution in [1.82, 2.24) is 9.80 Å². The van der Waals surface area contributed by atoms with Crippen molar-refractivity contribution in [3.05, 3.63) is 126 Å². The Morgan fingerprint density at radius 3 is 2.27 bits per heavy atom. The van der Waals surface area contributed by atoms with E-state index in [1.165, 1.54) is 4.90 Å². The van der Waals surface area contributed by atoms with Gasteiger partial charge in [-0.3, -0.25) is 19.2 Å². The highest BCUT2D eigenvalue weighted by molar-refractivity contribution is 9.09. The molecule has 3 aromatic rings. The van der Waals surface area contributed by atoms with Gasteiger partial charge < -0.3 is 29.3 Å². The summed E-state index contributed by atoms with van der Waals surface area (Å²) in [5.41, 5.74) is 2.61. The molecule has 9 atom stereocenters. The second kappa shape index (κ2) is 17.3. The Morgan fingerprint density at radius 2 is 1.66 bits per heavy atom. The normalized spacial score (nSPS) is 25.2. The van der Waals surface area contributed by atoms with Crippen LogP contribution in [0.15, 0.2) is 104 Å². The van der Waals surface area contributed by atoms with E-state index < -0.39 is 66.3 Å². The minimum atomic E-state index is -1.41. The highest BCUT2D eigenvalue weighted by atomic mass is 79.9. The molecule has 6 rings (SSSR count). The number of carbonyl (C=O) groups is 4. The molecule has 1 N–H and O–H groups in total. The van der Waals surface area contributed by atoms with Gasteiger partial charge >= 0.3 is 5.97 Å². The lowest BCUT2D eigenvalue weighted by Crippen LogP contribution is -2.59. The first-order chi connectivity index (χ1) is 26.9. The number of aliphatic hydroxyl groups is 1. The number of para-hydroxylation sites is 1. The van der Waals surface area contributed by atoms with E-state index in [1.807, 2.05) is 99.6 Å². The van der Waals surface area contributed by atoms with Gasteiger partial charge in [0.1, 0.15) is 17.7 Å². The summed E-state index contributed by atoms with van der Waals surface area (Å²) in [6, 6.07) is 22.0. The third-order valence-electron chi connectivity index (χ3n) is 11.8. The van der Waals surface area contributed by atoms with Crippen LogP contribution in [-0.4, -0.2) is 93.5 Å². The molecule has 3 saturated heterocycles. The van der Waals surface area contributed by atoms with Crippen LogP contribution in [-0.2, 0) is 35.1 Å². The Bertz CT molecular complexity index is 1920. The quantitative estimate of drug-likeness (QED) is 0.103. The number of ether oxygens (including phenoxy) is 2. The molecule has 1 unspecified atom stereocenters. The molecule has 10 nitrogen and oxygen atoms in total. The molecule has 2 bridgehead atoms. The van der Waals surface area contributed by atoms with Crippen LogP contribution < -0.4 is 4.90 Å². The average Bonchev–Trinajstić information content (AvgIpc) is 3.80. The highest BCUT2D eigenvalue weighted by Gasteiger charge is 2.77. The zero-order valence-electron chi connectivity index (χ0n) is 32.6. The first-order valence-corrected chi connectivity index (χ1v) is 20.2. The molecule has 1 spiro atoms. The van der Waals surface area contributed by atoms with Gasteiger partial charge in [-0.1, -0.05) is 107 Å². The molecule has 11 heteroatoms. The smallest absolute Gasteiger partial charge is 0.313 e. The number of fused-ring (bicyclic) bond motifs is 1. The van der Waals surface area contributed by atoms with Crippen molar-refractivity contribution in [3.63, 3.8) is 0 Å². The Kier molecular flexibility index (Phi) is 12.7. The van der Waals surface area contributed by atoms with E-state index in [0.29, 0.717) is 17.7 Å². The number of carbonyl (C=O) groups excluding carboxylic acids is 4. The van der Waals surface area contributed by atoms with Crippen molar-refractivity contribution in [2.75, 3.05) is 25.1 Å². The number of likely N-dealkylation sites (tertiary alicyclic amines) is 1. The summed E-state index contributed by atoms with van der Waals surface area (Å²) in [6.45, 7) is 13.1. The van der Waals surface area contributed by atoms with Gasteiger partial charge in [-0.25, -0.2) is 0 Å². The molecule has 0 saturated carbocycles. The largest absolute Gasteiger partial charge is 0.455 e. The van der Waals surface area contributed by atoms with Gasteiger partial charge in [0, 0.05) is 30.5 Å². The number of anilines is 1. The summed E-state index contributed by atoms with van der Waals surface area (Å²) in [5.74, 6) is -3.75. The van der Waals surface area contributed by atoms with Gasteiger partial charge in [0.05, 0.1) is 36.6 Å². The summed E-state index contributed by atoms with van der Waals surface area (Å²) in [4.78, 5) is 62.9. The number of halogens is 1. The van der Waals surface area contributed by atoms with Crippen LogP contribution in [0.3, 0.4) is 0 Å². The van der Waals surface area contributed by atoms with Gasteiger partial charge in [-0.15, -0.1) is 13.2 Å². The van der Waals surface area contributed by atoms with Crippen molar-refractivity contribution in [2.24, 2.45) is 11.8 Å². The van der Waals surface area contributed by atoms with E-state index in [4.69, 9.17) is 9.47 Å². The number of aliphatic hydroxyl groups excluding tert-OH is 1. The predicted molar refractivity (Wildman–Crippen MR) is 219 cm³/mol. The van der Waals surface area contributed by atoms with Crippen LogP contribution in [0.4, 0.5) is 5.69 Å². The first kappa shape index (κ1) is 41.1. The zero-order chi connectivity index (χ0) is 40.3. The molecule has 3 aromatic carbocycles. The van der Waals surface area contributed by atoms with E-state index in [-0.39, 0.29) is 42.4 Å². The number of likely N-dealkylation sites (N-methyl/N-ethyl adjacent to an activating group) is 1. The maximum absolute atomic E-state index is 15.4. The molecule has 0 aromatic heterocycles. The van der Waals surface area contributed by atoms with Gasteiger partial charge in [-0.05, 0) is 62.3 Å². The summed E-state index contributed by atoms with van der Waals surface area (Å²) in [6.07, 6.45) is 3.01. The Morgan fingerprint density at radius 1 is 1.02 bits per heavy atom. The van der Waals surface area contributed by atoms with E-state index in [9.17, 15) is 14.7 Å². The minimum absolute atomic E-state index is 0.124. The van der Waals surface area contributed by atoms with Crippen LogP contribution in [0, 0.1) is 25.7 Å². The van der Waals surface area contributed by atoms with Gasteiger partial charge in [0.15, 0.2) is 0 Å². The van der Waals surface area contributed by atoms with Crippen molar-refractivity contribution >= 4 is 45.3 Å². The van der Waals surface area contributed by atoms with Crippen LogP contribution in [0.1, 0.15) is 54.5 Å². The molecule has 0 aliphatic carbocycles. The third-order valence-corrected chi connectivity index (χ3v) is 12.7. The van der Waals surface area contributed by atoms with Crippen LogP contribution >= 0.6 is 15.9 Å². The van der Waals surface area contributed by atoms with Gasteiger partial charge in [0.25, 0.3) is 5.91 Å². The number of esters is 1. The SMILES string of the molecule is C=CCCC(=O)N(C)[C@H](C)[C@H](OC(=O)[C@@H]1[C@H]2O[C@@]3(CC2Br)[C@H](C(=O)N(CC=C)c2c(C)cccc2C)N([C@@H](CO)Cc2ccccc2)C(=O)[C@@H]13)c1ccccc1. The maximum atomic E-state index is 15.4. The van der Waals surface area contributed by atoms with Gasteiger partial charge in [0.2, 0.25) is 11.8 Å². The number of allylic oxidation sites excluding steroid dienone is 1. The second-order valence-electron chi connectivity index (χ2n) is 15.3. The Hall–Kier alpha value is -4.58. The Balaban J connectivity index is 1.43. The standard InChI is InChI=1S/C45H52BrN3O7/c1-7-9-23-35(51)47(6)30(5)39(32-21-14-11-15-22-32)55-44(54)36-37-42(52)49(33(27-50)25-31-19-12-10-13-20-31)41(45(37)26-34(46)40(36)56-45)43(53)48(24-8-2)38-28(3)17-16-18-29(38)4/h7-8,10-22,30,33-34,36-37,39-41,50H,1-2,9,23-27H2,3-6H3/t30-,33-,34?,36+,37-,39+,40+,41+,45-/m1/s1. The molecular weight excluding hydrogens is 774 g/mol. The monoisotopic (exact) mass is 825 g/mol. The topological polar surface area (TPSA) is 117 Å². The number of aryl methyl sites for hydroxylation is 2. The van der Waals surface area contributed by atoms with Crippen molar-refractivity contribution in [3.8, 4) is 0 Å². The molecular formula is C45H52BrN3O7. The number of amides is 3. The second-order valence-corrected chi connectivity index (χ2v) is 16.4. The summed E-state index contributed by atoms with van der Waals surface area (Å²) in [5, 5.41) is 11.0. The molecule has 0 radical (unpaired) electrons. The van der Waals surface area contributed by atoms with Gasteiger partial charge in [-0.2, -0.15) is 0 Å². The number of nitrogens with zero attached hydrogens (tertiary/aromatic N) is 3. The first-order valence-electron chi connectivity index (χ1n) is 19.3. The summed E-state index contributed by atoms with van der Waals surface area (Å²) in [7, 11) is 1.69. The summed E-state index contributed by atoms with van der Waals surface area (Å²) < 4.78 is 13.3. The maximum Gasteiger partial charge on any atom is 0.313 e. The van der Waals surface area contributed by atoms with E-state index in [2.05, 4.69) is 29.1 Å². The zero-order valence-corrected chi connectivity index (χ0v) is 34.1. The van der Waals surface area contributed by atoms with E-state index in [1.54, 1.807) is 29.0 Å². The third kappa shape index (κ3) is 7.48. The minimum Gasteiger partial charge on any atom is -0.455 e. The van der Waals surface area contributed by atoms with E-state index in [0.717, 1.165) is 16.7 Å². The number of rotatable bonds is 16. The Labute approximate surface area is 338 Å². The predicted octanol–water partition coefficient (Wildman–Crippen LogP) is 6.27. The van der Waals surface area contributed by atoms with Crippen molar-refractivity contribution in [1.29, 1.82) is 0 Å². The number of benzene rings is 3.